The number of rotatable bonds is 5. The second-order valence-electron chi connectivity index (χ2n) is 5.51. The molecule has 2 rings (SSSR count). The highest BCUT2D eigenvalue weighted by Crippen LogP contribution is 2.17. The molecule has 2 amide bonds. The fraction of sp³-hybridized carbons (Fsp3) is 0.375. The molecule has 3 N–H and O–H groups in total. The summed E-state index contributed by atoms with van der Waals surface area (Å²) in [5.41, 5.74) is 1.48. The van der Waals surface area contributed by atoms with Crippen LogP contribution in [-0.4, -0.2) is 29.9 Å². The third kappa shape index (κ3) is 3.42. The fourth-order valence-corrected chi connectivity index (χ4v) is 2.40. The first kappa shape index (κ1) is 15.1. The number of carbonyl (C=O) groups excluding carboxylic acids is 2. The fourth-order valence-electron chi connectivity index (χ4n) is 2.40. The van der Waals surface area contributed by atoms with Crippen LogP contribution in [-0.2, 0) is 4.79 Å². The molecule has 0 aliphatic heterocycles. The topological polar surface area (TPSA) is 74.0 Å². The number of H-pyrrole nitrogens is 1. The third-order valence-electron chi connectivity index (χ3n) is 3.41. The molecule has 0 bridgehead atoms. The zero-order chi connectivity index (χ0) is 15.4. The lowest BCUT2D eigenvalue weighted by Crippen LogP contribution is -2.46. The predicted molar refractivity (Wildman–Crippen MR) is 83.1 cm³/mol. The van der Waals surface area contributed by atoms with E-state index in [1.54, 1.807) is 19.3 Å². The number of carbonyl (C=O) groups is 2. The molecule has 0 aliphatic rings. The minimum Gasteiger partial charge on any atom is -0.361 e. The van der Waals surface area contributed by atoms with Crippen molar-refractivity contribution in [2.24, 2.45) is 5.92 Å². The van der Waals surface area contributed by atoms with Gasteiger partial charge in [-0.1, -0.05) is 19.9 Å². The highest BCUT2D eigenvalue weighted by Gasteiger charge is 2.22. The molecule has 1 atom stereocenters. The number of aromatic nitrogens is 1. The summed E-state index contributed by atoms with van der Waals surface area (Å²) in [5, 5.41) is 6.29. The molecule has 1 unspecified atom stereocenters. The van der Waals surface area contributed by atoms with Crippen LogP contribution in [0.5, 0.6) is 0 Å². The van der Waals surface area contributed by atoms with Gasteiger partial charge in [-0.15, -0.1) is 0 Å². The smallest absolute Gasteiger partial charge is 0.252 e. The van der Waals surface area contributed by atoms with Crippen LogP contribution in [0.1, 0.15) is 30.6 Å². The Morgan fingerprint density at radius 3 is 2.67 bits per heavy atom. The molecule has 1 heterocycles. The molecule has 0 fully saturated rings. The van der Waals surface area contributed by atoms with E-state index in [9.17, 15) is 9.59 Å². The Morgan fingerprint density at radius 1 is 1.24 bits per heavy atom. The number of likely N-dealkylation sites (N-methyl/N-ethyl adjacent to an activating group) is 1. The first-order chi connectivity index (χ1) is 10.0. The quantitative estimate of drug-likeness (QED) is 0.787. The molecule has 0 saturated carbocycles. The Labute approximate surface area is 124 Å². The number of aromatic amines is 1. The number of fused-ring (bicyclic) bond motifs is 1. The summed E-state index contributed by atoms with van der Waals surface area (Å²) < 4.78 is 0. The van der Waals surface area contributed by atoms with Gasteiger partial charge in [0.15, 0.2) is 0 Å². The molecule has 0 saturated heterocycles. The predicted octanol–water partition coefficient (Wildman–Crippen LogP) is 2.06. The number of hydrogen-bond donors (Lipinski definition) is 3. The summed E-state index contributed by atoms with van der Waals surface area (Å²) in [6, 6.07) is 6.85. The molecule has 1 aromatic carbocycles. The van der Waals surface area contributed by atoms with Crippen LogP contribution in [0, 0.1) is 5.92 Å². The molecule has 0 spiro atoms. The van der Waals surface area contributed by atoms with Crippen LogP contribution in [0.25, 0.3) is 10.9 Å². The van der Waals surface area contributed by atoms with Crippen molar-refractivity contribution in [2.45, 2.75) is 26.3 Å². The van der Waals surface area contributed by atoms with E-state index in [2.05, 4.69) is 15.6 Å². The van der Waals surface area contributed by atoms with Gasteiger partial charge in [-0.25, -0.2) is 0 Å². The van der Waals surface area contributed by atoms with Gasteiger partial charge in [-0.05, 0) is 30.5 Å². The summed E-state index contributed by atoms with van der Waals surface area (Å²) in [6.45, 7) is 4.05. The largest absolute Gasteiger partial charge is 0.361 e. The molecule has 5 nitrogen and oxygen atoms in total. The standard InChI is InChI=1S/C16H21N3O2/c1-10(2)9-14(16(21)17-3)19-15(20)12-5-4-6-13-11(12)7-8-18-13/h4-8,10,14,18H,9H2,1-3H3,(H,17,21)(H,19,20). The van der Waals surface area contributed by atoms with E-state index in [0.29, 0.717) is 17.9 Å². The second kappa shape index (κ2) is 6.43. The Hall–Kier alpha value is -2.30. The minimum absolute atomic E-state index is 0.168. The van der Waals surface area contributed by atoms with Crippen LogP contribution in [0.3, 0.4) is 0 Å². The van der Waals surface area contributed by atoms with Crippen molar-refractivity contribution in [2.75, 3.05) is 7.05 Å². The Balaban J connectivity index is 2.22. The second-order valence-corrected chi connectivity index (χ2v) is 5.51. The van der Waals surface area contributed by atoms with Gasteiger partial charge in [-0.3, -0.25) is 9.59 Å². The van der Waals surface area contributed by atoms with Crippen molar-refractivity contribution in [1.29, 1.82) is 0 Å². The van der Waals surface area contributed by atoms with Crippen LogP contribution in [0.15, 0.2) is 30.5 Å². The molecule has 0 radical (unpaired) electrons. The van der Waals surface area contributed by atoms with Crippen molar-refractivity contribution >= 4 is 22.7 Å². The maximum atomic E-state index is 12.5. The van der Waals surface area contributed by atoms with Gasteiger partial charge in [-0.2, -0.15) is 0 Å². The van der Waals surface area contributed by atoms with Crippen molar-refractivity contribution in [3.05, 3.63) is 36.0 Å². The first-order valence-electron chi connectivity index (χ1n) is 7.11. The van der Waals surface area contributed by atoms with E-state index in [4.69, 9.17) is 0 Å². The van der Waals surface area contributed by atoms with Crippen molar-refractivity contribution in [3.8, 4) is 0 Å². The highest BCUT2D eigenvalue weighted by molar-refractivity contribution is 6.07. The average Bonchev–Trinajstić information content (AvgIpc) is 2.93. The lowest BCUT2D eigenvalue weighted by molar-refractivity contribution is -0.122. The molecule has 5 heteroatoms. The zero-order valence-electron chi connectivity index (χ0n) is 12.6. The molecule has 2 aromatic rings. The van der Waals surface area contributed by atoms with E-state index in [1.165, 1.54) is 0 Å². The summed E-state index contributed by atoms with van der Waals surface area (Å²) in [4.78, 5) is 27.4. The molecule has 112 valence electrons. The summed E-state index contributed by atoms with van der Waals surface area (Å²) in [6.07, 6.45) is 2.40. The highest BCUT2D eigenvalue weighted by atomic mass is 16.2. The van der Waals surface area contributed by atoms with Gasteiger partial charge in [0, 0.05) is 29.7 Å². The normalized spacial score (nSPS) is 12.4. The summed E-state index contributed by atoms with van der Waals surface area (Å²) in [7, 11) is 1.58. The van der Waals surface area contributed by atoms with E-state index >= 15 is 0 Å². The first-order valence-corrected chi connectivity index (χ1v) is 7.11. The number of amides is 2. The van der Waals surface area contributed by atoms with Gasteiger partial charge in [0.1, 0.15) is 6.04 Å². The maximum absolute atomic E-state index is 12.5. The number of benzene rings is 1. The Kier molecular flexibility index (Phi) is 4.62. The van der Waals surface area contributed by atoms with Gasteiger partial charge >= 0.3 is 0 Å². The third-order valence-corrected chi connectivity index (χ3v) is 3.41. The number of hydrogen-bond acceptors (Lipinski definition) is 2. The summed E-state index contributed by atoms with van der Waals surface area (Å²) >= 11 is 0. The number of nitrogens with one attached hydrogen (secondary N) is 3. The Morgan fingerprint density at radius 2 is 2.00 bits per heavy atom. The van der Waals surface area contributed by atoms with Crippen LogP contribution in [0.2, 0.25) is 0 Å². The lowest BCUT2D eigenvalue weighted by Gasteiger charge is -2.19. The Bertz CT molecular complexity index is 646. The SMILES string of the molecule is CNC(=O)C(CC(C)C)NC(=O)c1cccc2[nH]ccc12. The monoisotopic (exact) mass is 287 g/mol. The van der Waals surface area contributed by atoms with Crippen LogP contribution >= 0.6 is 0 Å². The minimum atomic E-state index is -0.517. The molecule has 0 aliphatic carbocycles. The molecular formula is C16H21N3O2. The van der Waals surface area contributed by atoms with Crippen LogP contribution < -0.4 is 10.6 Å². The van der Waals surface area contributed by atoms with Crippen molar-refractivity contribution in [3.63, 3.8) is 0 Å². The van der Waals surface area contributed by atoms with Crippen molar-refractivity contribution in [1.82, 2.24) is 15.6 Å². The van der Waals surface area contributed by atoms with Gasteiger partial charge in [0.05, 0.1) is 0 Å². The van der Waals surface area contributed by atoms with E-state index < -0.39 is 6.04 Å². The van der Waals surface area contributed by atoms with Crippen molar-refractivity contribution < 1.29 is 9.59 Å². The lowest BCUT2D eigenvalue weighted by atomic mass is 10.0. The van der Waals surface area contributed by atoms with Gasteiger partial charge < -0.3 is 15.6 Å². The van der Waals surface area contributed by atoms with E-state index in [-0.39, 0.29) is 11.8 Å². The van der Waals surface area contributed by atoms with E-state index in [1.807, 2.05) is 32.0 Å². The molecular weight excluding hydrogens is 266 g/mol. The molecule has 1 aromatic heterocycles. The van der Waals surface area contributed by atoms with Crippen LogP contribution in [0.4, 0.5) is 0 Å². The summed E-state index contributed by atoms with van der Waals surface area (Å²) in [5.74, 6) is -0.0802. The average molecular weight is 287 g/mol. The molecule has 21 heavy (non-hydrogen) atoms. The van der Waals surface area contributed by atoms with Gasteiger partial charge in [0.25, 0.3) is 5.91 Å². The zero-order valence-corrected chi connectivity index (χ0v) is 12.6. The maximum Gasteiger partial charge on any atom is 0.252 e. The van der Waals surface area contributed by atoms with E-state index in [0.717, 1.165) is 10.9 Å². The van der Waals surface area contributed by atoms with Gasteiger partial charge in [0.2, 0.25) is 5.91 Å².